The van der Waals surface area contributed by atoms with Crippen LogP contribution in [0.15, 0.2) is 109 Å². The number of amides is 3. The molecule has 98 heavy (non-hydrogen) atoms. The molecule has 0 fully saturated rings. The van der Waals surface area contributed by atoms with E-state index in [1.54, 1.807) is 117 Å². The van der Waals surface area contributed by atoms with Crippen molar-refractivity contribution in [3.05, 3.63) is 188 Å². The van der Waals surface area contributed by atoms with Gasteiger partial charge in [0, 0.05) is 49.6 Å². The first-order valence-electron chi connectivity index (χ1n) is 31.5. The number of hydrogen-bond donors (Lipinski definition) is 0. The van der Waals surface area contributed by atoms with Crippen molar-refractivity contribution in [1.29, 1.82) is 0 Å². The minimum absolute atomic E-state index is 0.000263. The Kier molecular flexibility index (Phi) is 24.2. The molecule has 19 nitrogen and oxygen atoms in total. The highest BCUT2D eigenvalue weighted by Gasteiger charge is 2.43. The SMILES string of the molecule is COC(=O)[C@H]1c2ccc(OCc3ccc(C)c(C(F)(F)F)c3)cc2CCN1C(=O)OC(C)(C)C.COC(=O)[C@H]1c2ccc(OCc3cccc(C(C)(F)F)c3F)cc2CCN1C(=O)OC(C)(C)C.COC(=O)[C@H]1c2ccc(OCc3cccnc3C)cc2CCN1C(=O)OC(C)(C)C. The summed E-state index contributed by atoms with van der Waals surface area (Å²) in [6.45, 7) is 20.7. The van der Waals surface area contributed by atoms with Crippen molar-refractivity contribution < 1.29 is 97.7 Å². The highest BCUT2D eigenvalue weighted by atomic mass is 19.4. The molecule has 0 saturated carbocycles. The fourth-order valence-corrected chi connectivity index (χ4v) is 11.0. The van der Waals surface area contributed by atoms with Crippen molar-refractivity contribution in [2.24, 2.45) is 0 Å². The molecule has 6 aromatic rings. The number of carbonyl (C=O) groups is 6. The van der Waals surface area contributed by atoms with Gasteiger partial charge >= 0.3 is 42.4 Å². The summed E-state index contributed by atoms with van der Waals surface area (Å²) in [7, 11) is 3.81. The van der Waals surface area contributed by atoms with E-state index < -0.39 is 100 Å². The fourth-order valence-electron chi connectivity index (χ4n) is 11.0. The second-order valence-corrected chi connectivity index (χ2v) is 26.6. The van der Waals surface area contributed by atoms with Crippen molar-refractivity contribution in [1.82, 2.24) is 19.7 Å². The van der Waals surface area contributed by atoms with E-state index in [1.807, 2.05) is 31.2 Å². The molecule has 25 heteroatoms. The summed E-state index contributed by atoms with van der Waals surface area (Å²) in [5.41, 5.74) is 3.34. The molecular weight excluding hydrogens is 1290 g/mol. The van der Waals surface area contributed by atoms with Gasteiger partial charge in [-0.25, -0.2) is 41.9 Å². The third-order valence-corrected chi connectivity index (χ3v) is 15.7. The Hall–Kier alpha value is -9.55. The summed E-state index contributed by atoms with van der Waals surface area (Å²) in [5.74, 6) is -4.50. The number of methoxy groups -OCH3 is 3. The molecule has 9 rings (SSSR count). The molecule has 0 spiro atoms. The van der Waals surface area contributed by atoms with E-state index in [1.165, 1.54) is 61.2 Å². The smallest absolute Gasteiger partial charge is 0.416 e. The highest BCUT2D eigenvalue weighted by Crippen LogP contribution is 2.40. The second kappa shape index (κ2) is 31.3. The molecule has 0 unspecified atom stereocenters. The molecule has 528 valence electrons. The quantitative estimate of drug-likeness (QED) is 0.0598. The number of fused-ring (bicyclic) bond motifs is 3. The van der Waals surface area contributed by atoms with Crippen molar-refractivity contribution in [2.75, 3.05) is 41.0 Å². The van der Waals surface area contributed by atoms with E-state index in [2.05, 4.69) is 4.98 Å². The Morgan fingerprint density at radius 3 is 1.20 bits per heavy atom. The Morgan fingerprint density at radius 2 is 0.847 bits per heavy atom. The number of aryl methyl sites for hydroxylation is 2. The van der Waals surface area contributed by atoms with Gasteiger partial charge < -0.3 is 42.6 Å². The minimum Gasteiger partial charge on any atom is -0.489 e. The summed E-state index contributed by atoms with van der Waals surface area (Å²) in [5, 5.41) is 0. The van der Waals surface area contributed by atoms with Gasteiger partial charge in [-0.2, -0.15) is 13.2 Å². The monoisotopic (exact) mass is 1370 g/mol. The zero-order chi connectivity index (χ0) is 72.4. The molecule has 3 atom stereocenters. The fraction of sp³-hybridized carbons (Fsp3) is 0.438. The normalized spacial score (nSPS) is 16.0. The van der Waals surface area contributed by atoms with Gasteiger partial charge in [-0.3, -0.25) is 19.7 Å². The van der Waals surface area contributed by atoms with Gasteiger partial charge in [-0.05, 0) is 188 Å². The zero-order valence-electron chi connectivity index (χ0n) is 57.7. The average molecular weight is 1370 g/mol. The number of rotatable bonds is 13. The number of alkyl halides is 5. The standard InChI is InChI=1S/2C25H28F3NO5.C23H28N2O5/c1-15-6-7-16(12-20(15)25(26,27)28)14-33-18-8-9-19-17(13-18)10-11-29(21(19)22(30)32-5)23(31)34-24(2,3)4;1-24(2,3)34-23(31)29-12-11-15-13-17(9-10-18(15)21(29)22(30)32-5)33-14-16-7-6-8-19(20(16)26)25(4,27)28;1-15-17(7-6-11-24-15)14-29-18-8-9-19-16(13-18)10-12-25(20(19)21(26)28-5)22(27)30-23(2,3)4/h6-9,12-13,21H,10-11,14H2,1-5H3;6-10,13,21H,11-12,14H2,1-5H3;6-9,11,13,20H,10,12,14H2,1-5H3/t2*21-;20-/m111/s1. The van der Waals surface area contributed by atoms with Crippen LogP contribution >= 0.6 is 0 Å². The molecule has 0 bridgehead atoms. The van der Waals surface area contributed by atoms with Gasteiger partial charge in [0.05, 0.1) is 32.5 Å². The lowest BCUT2D eigenvalue weighted by atomic mass is 9.92. The highest BCUT2D eigenvalue weighted by molar-refractivity contribution is 5.86. The Bertz CT molecular complexity index is 3860. The van der Waals surface area contributed by atoms with E-state index in [9.17, 15) is 55.1 Å². The summed E-state index contributed by atoms with van der Waals surface area (Å²) in [6.07, 6.45) is -3.00. The molecule has 3 aliphatic rings. The van der Waals surface area contributed by atoms with Crippen molar-refractivity contribution >= 4 is 36.2 Å². The van der Waals surface area contributed by atoms with Crippen LogP contribution < -0.4 is 14.2 Å². The number of benzene rings is 5. The van der Waals surface area contributed by atoms with Crippen LogP contribution in [-0.2, 0) is 94.0 Å². The zero-order valence-corrected chi connectivity index (χ0v) is 57.7. The van der Waals surface area contributed by atoms with E-state index >= 15 is 0 Å². The van der Waals surface area contributed by atoms with Crippen molar-refractivity contribution in [3.63, 3.8) is 0 Å². The van der Waals surface area contributed by atoms with E-state index in [0.29, 0.717) is 73.3 Å². The van der Waals surface area contributed by atoms with Gasteiger partial charge in [0.25, 0.3) is 5.92 Å². The molecule has 0 radical (unpaired) electrons. The predicted molar refractivity (Wildman–Crippen MR) is 348 cm³/mol. The molecular formula is C73H84F6N4O15. The maximum absolute atomic E-state index is 14.5. The predicted octanol–water partition coefficient (Wildman–Crippen LogP) is 15.1. The maximum Gasteiger partial charge on any atom is 0.416 e. The largest absolute Gasteiger partial charge is 0.489 e. The second-order valence-electron chi connectivity index (χ2n) is 26.6. The Morgan fingerprint density at radius 1 is 0.469 bits per heavy atom. The summed E-state index contributed by atoms with van der Waals surface area (Å²) < 4.78 is 130. The third-order valence-electron chi connectivity index (χ3n) is 15.7. The first-order valence-corrected chi connectivity index (χ1v) is 31.5. The van der Waals surface area contributed by atoms with Crippen LogP contribution in [0.3, 0.4) is 0 Å². The van der Waals surface area contributed by atoms with Gasteiger partial charge in [-0.1, -0.05) is 54.6 Å². The topological polar surface area (TPSA) is 208 Å². The number of ether oxygens (including phenoxy) is 9. The number of aromatic nitrogens is 1. The summed E-state index contributed by atoms with van der Waals surface area (Å²) >= 11 is 0. The average Bonchev–Trinajstić information content (AvgIpc) is 0.794. The van der Waals surface area contributed by atoms with Gasteiger partial charge in [0.15, 0.2) is 18.1 Å². The Balaban J connectivity index is 0.000000207. The lowest BCUT2D eigenvalue weighted by Crippen LogP contribution is -2.46. The van der Waals surface area contributed by atoms with Crippen LogP contribution in [0.1, 0.15) is 160 Å². The number of esters is 3. The van der Waals surface area contributed by atoms with Crippen LogP contribution in [0.2, 0.25) is 0 Å². The molecule has 0 N–H and O–H groups in total. The van der Waals surface area contributed by atoms with E-state index in [4.69, 9.17) is 42.6 Å². The van der Waals surface area contributed by atoms with Crippen LogP contribution in [0.5, 0.6) is 17.2 Å². The van der Waals surface area contributed by atoms with Gasteiger partial charge in [0.1, 0.15) is 59.7 Å². The summed E-state index contributed by atoms with van der Waals surface area (Å²) in [4.78, 5) is 84.1. The van der Waals surface area contributed by atoms with E-state index in [-0.39, 0.29) is 37.4 Å². The lowest BCUT2D eigenvalue weighted by Gasteiger charge is -2.36. The van der Waals surface area contributed by atoms with Gasteiger partial charge in [-0.15, -0.1) is 0 Å². The Labute approximate surface area is 566 Å². The van der Waals surface area contributed by atoms with Crippen LogP contribution in [-0.4, -0.2) is 114 Å². The number of halogens is 6. The first kappa shape index (κ1) is 75.8. The lowest BCUT2D eigenvalue weighted by molar-refractivity contribution is -0.148. The van der Waals surface area contributed by atoms with Crippen LogP contribution in [0, 0.1) is 19.7 Å². The maximum atomic E-state index is 14.5. The molecule has 3 amide bonds. The molecule has 4 heterocycles. The number of nitrogens with zero attached hydrogens (tertiary/aromatic N) is 4. The number of carbonyl (C=O) groups excluding carboxylic acids is 6. The molecule has 5 aromatic carbocycles. The third kappa shape index (κ3) is 19.8. The number of pyridine rings is 1. The van der Waals surface area contributed by atoms with E-state index in [0.717, 1.165) is 45.6 Å². The van der Waals surface area contributed by atoms with Crippen LogP contribution in [0.4, 0.5) is 40.7 Å². The first-order chi connectivity index (χ1) is 45.8. The molecule has 3 aliphatic heterocycles. The molecule has 1 aromatic heterocycles. The van der Waals surface area contributed by atoms with Crippen molar-refractivity contribution in [3.8, 4) is 17.2 Å². The molecule has 0 aliphatic carbocycles. The summed E-state index contributed by atoms with van der Waals surface area (Å²) in [6, 6.07) is 24.4. The van der Waals surface area contributed by atoms with Crippen LogP contribution in [0.25, 0.3) is 0 Å². The molecule has 0 saturated heterocycles. The minimum atomic E-state index is -4.44. The van der Waals surface area contributed by atoms with Crippen molar-refractivity contribution in [2.45, 2.75) is 169 Å². The van der Waals surface area contributed by atoms with Gasteiger partial charge in [0.2, 0.25) is 0 Å². The number of hydrogen-bond acceptors (Lipinski definition) is 16.